The number of nitrogens with one attached hydrogen (secondary N) is 1. The van der Waals surface area contributed by atoms with Crippen molar-refractivity contribution in [2.24, 2.45) is 7.05 Å². The van der Waals surface area contributed by atoms with Gasteiger partial charge in [0.2, 0.25) is 5.91 Å². The third kappa shape index (κ3) is 2.89. The number of aromatic nitrogens is 1. The van der Waals surface area contributed by atoms with Crippen LogP contribution >= 0.6 is 0 Å². The number of carbonyl (C=O) groups is 3. The maximum atomic E-state index is 12.3. The average Bonchev–Trinajstić information content (AvgIpc) is 3.08. The number of benzene rings is 2. The van der Waals surface area contributed by atoms with Crippen molar-refractivity contribution in [2.45, 2.75) is 13.5 Å². The van der Waals surface area contributed by atoms with E-state index in [4.69, 9.17) is 0 Å². The molecular weight excluding hydrogens is 342 g/mol. The summed E-state index contributed by atoms with van der Waals surface area (Å²) in [6.45, 7) is 2.11. The van der Waals surface area contributed by atoms with Crippen molar-refractivity contribution < 1.29 is 14.4 Å². The van der Waals surface area contributed by atoms with E-state index >= 15 is 0 Å². The van der Waals surface area contributed by atoms with E-state index in [-0.39, 0.29) is 12.5 Å². The van der Waals surface area contributed by atoms with Crippen LogP contribution in [0.25, 0.3) is 10.9 Å². The number of hydrogen-bond acceptors (Lipinski definition) is 3. The van der Waals surface area contributed by atoms with E-state index in [0.717, 1.165) is 27.1 Å². The number of fused-ring (bicyclic) bond motifs is 2. The van der Waals surface area contributed by atoms with Crippen LogP contribution in [0, 0.1) is 6.92 Å². The largest absolute Gasteiger partial charge is 0.350 e. The van der Waals surface area contributed by atoms with Gasteiger partial charge >= 0.3 is 0 Å². The van der Waals surface area contributed by atoms with E-state index in [1.807, 2.05) is 32.2 Å². The van der Waals surface area contributed by atoms with Crippen LogP contribution < -0.4 is 5.32 Å². The summed E-state index contributed by atoms with van der Waals surface area (Å²) in [4.78, 5) is 37.9. The highest BCUT2D eigenvalue weighted by Gasteiger charge is 2.36. The Morgan fingerprint density at radius 1 is 1.00 bits per heavy atom. The Bertz CT molecular complexity index is 1060. The highest BCUT2D eigenvalue weighted by Crippen LogP contribution is 2.22. The van der Waals surface area contributed by atoms with Crippen LogP contribution in [0.4, 0.5) is 0 Å². The number of imide groups is 1. The zero-order valence-corrected chi connectivity index (χ0v) is 15.2. The molecule has 1 aliphatic heterocycles. The van der Waals surface area contributed by atoms with Crippen LogP contribution in [0.3, 0.4) is 0 Å². The molecule has 0 fully saturated rings. The number of aryl methyl sites for hydroxylation is 2. The predicted molar refractivity (Wildman–Crippen MR) is 101 cm³/mol. The minimum absolute atomic E-state index is 0.279. The maximum Gasteiger partial charge on any atom is 0.262 e. The molecule has 0 saturated carbocycles. The van der Waals surface area contributed by atoms with Crippen molar-refractivity contribution in [3.63, 3.8) is 0 Å². The molecule has 4 rings (SSSR count). The van der Waals surface area contributed by atoms with Gasteiger partial charge in [-0.1, -0.05) is 18.2 Å². The molecule has 0 bridgehead atoms. The summed E-state index contributed by atoms with van der Waals surface area (Å²) in [6, 6.07) is 14.7. The summed E-state index contributed by atoms with van der Waals surface area (Å²) in [5, 5.41) is 3.90. The Labute approximate surface area is 156 Å². The van der Waals surface area contributed by atoms with Crippen molar-refractivity contribution in [1.29, 1.82) is 0 Å². The Morgan fingerprint density at radius 2 is 1.67 bits per heavy atom. The fourth-order valence-electron chi connectivity index (χ4n) is 3.43. The van der Waals surface area contributed by atoms with E-state index in [0.29, 0.717) is 17.7 Å². The number of hydrogen-bond donors (Lipinski definition) is 1. The summed E-state index contributed by atoms with van der Waals surface area (Å²) in [6.07, 6.45) is 0. The highest BCUT2D eigenvalue weighted by molar-refractivity contribution is 6.22. The number of nitrogens with zero attached hydrogens (tertiary/aromatic N) is 2. The third-order valence-corrected chi connectivity index (χ3v) is 5.02. The topological polar surface area (TPSA) is 71.4 Å². The van der Waals surface area contributed by atoms with Crippen LogP contribution in [-0.2, 0) is 18.4 Å². The molecule has 0 saturated heterocycles. The van der Waals surface area contributed by atoms with Crippen molar-refractivity contribution in [3.05, 3.63) is 70.9 Å². The van der Waals surface area contributed by atoms with Crippen LogP contribution in [0.1, 0.15) is 32.0 Å². The van der Waals surface area contributed by atoms with Gasteiger partial charge in [-0.3, -0.25) is 19.3 Å². The molecule has 6 heteroatoms. The maximum absolute atomic E-state index is 12.3. The monoisotopic (exact) mass is 361 g/mol. The van der Waals surface area contributed by atoms with Gasteiger partial charge in [-0.05, 0) is 42.8 Å². The molecule has 136 valence electrons. The molecule has 6 nitrogen and oxygen atoms in total. The van der Waals surface area contributed by atoms with Crippen LogP contribution in [-0.4, -0.2) is 33.7 Å². The molecule has 1 N–H and O–H groups in total. The van der Waals surface area contributed by atoms with Crippen LogP contribution in [0.2, 0.25) is 0 Å². The van der Waals surface area contributed by atoms with Gasteiger partial charge in [0.25, 0.3) is 11.8 Å². The van der Waals surface area contributed by atoms with Crippen LogP contribution in [0.15, 0.2) is 48.5 Å². The van der Waals surface area contributed by atoms with E-state index in [1.54, 1.807) is 24.3 Å². The smallest absolute Gasteiger partial charge is 0.262 e. The van der Waals surface area contributed by atoms with Gasteiger partial charge in [0.05, 0.1) is 11.1 Å². The van der Waals surface area contributed by atoms with Crippen molar-refractivity contribution >= 4 is 28.6 Å². The first kappa shape index (κ1) is 17.0. The molecule has 27 heavy (non-hydrogen) atoms. The summed E-state index contributed by atoms with van der Waals surface area (Å²) in [7, 11) is 2.02. The van der Waals surface area contributed by atoms with Gasteiger partial charge in [0.15, 0.2) is 0 Å². The molecule has 0 radical (unpaired) electrons. The lowest BCUT2D eigenvalue weighted by atomic mass is 10.1. The third-order valence-electron chi connectivity index (χ3n) is 5.02. The number of carbonyl (C=O) groups excluding carboxylic acids is 3. The fourth-order valence-corrected chi connectivity index (χ4v) is 3.43. The lowest BCUT2D eigenvalue weighted by Gasteiger charge is -2.13. The molecule has 2 aromatic carbocycles. The van der Waals surface area contributed by atoms with Gasteiger partial charge in [-0.2, -0.15) is 0 Å². The van der Waals surface area contributed by atoms with E-state index in [2.05, 4.69) is 16.0 Å². The Kier molecular flexibility index (Phi) is 4.03. The van der Waals surface area contributed by atoms with Gasteiger partial charge in [-0.15, -0.1) is 0 Å². The zero-order valence-electron chi connectivity index (χ0n) is 15.2. The normalized spacial score (nSPS) is 13.3. The van der Waals surface area contributed by atoms with Crippen molar-refractivity contribution in [3.8, 4) is 0 Å². The molecule has 0 spiro atoms. The molecular formula is C21H19N3O3. The first-order chi connectivity index (χ1) is 13.0. The molecule has 3 aromatic rings. The summed E-state index contributed by atoms with van der Waals surface area (Å²) < 4.78 is 2.11. The fraction of sp³-hybridized carbons (Fsp3) is 0.190. The van der Waals surface area contributed by atoms with Gasteiger partial charge in [0.1, 0.15) is 6.54 Å². The molecule has 0 atom stereocenters. The standard InChI is InChI=1S/C21H19N3O3/c1-13-9-15-10-14(7-8-18(15)23(13)2)11-22-19(25)12-24-20(26)16-5-3-4-6-17(16)21(24)27/h3-10H,11-12H2,1-2H3,(H,22,25). The summed E-state index contributed by atoms with van der Waals surface area (Å²) >= 11 is 0. The predicted octanol–water partition coefficient (Wildman–Crippen LogP) is 2.40. The zero-order chi connectivity index (χ0) is 19.1. The van der Waals surface area contributed by atoms with Crippen molar-refractivity contribution in [2.75, 3.05) is 6.54 Å². The lowest BCUT2D eigenvalue weighted by molar-refractivity contribution is -0.121. The second-order valence-corrected chi connectivity index (χ2v) is 6.76. The summed E-state index contributed by atoms with van der Waals surface area (Å²) in [5.41, 5.74) is 3.95. The second kappa shape index (κ2) is 6.39. The Balaban J connectivity index is 1.42. The molecule has 3 amide bonds. The SMILES string of the molecule is Cc1cc2cc(CNC(=O)CN3C(=O)c4ccccc4C3=O)ccc2n1C. The van der Waals surface area contributed by atoms with Gasteiger partial charge < -0.3 is 9.88 Å². The molecule has 2 heterocycles. The number of amides is 3. The first-order valence-electron chi connectivity index (χ1n) is 8.72. The second-order valence-electron chi connectivity index (χ2n) is 6.76. The molecule has 1 aromatic heterocycles. The molecule has 0 unspecified atom stereocenters. The minimum Gasteiger partial charge on any atom is -0.350 e. The quantitative estimate of drug-likeness (QED) is 0.726. The van der Waals surface area contributed by atoms with E-state index in [9.17, 15) is 14.4 Å². The van der Waals surface area contributed by atoms with Crippen LogP contribution in [0.5, 0.6) is 0 Å². The van der Waals surface area contributed by atoms with Gasteiger partial charge in [0, 0.05) is 30.2 Å². The Morgan fingerprint density at radius 3 is 2.33 bits per heavy atom. The van der Waals surface area contributed by atoms with Gasteiger partial charge in [-0.25, -0.2) is 0 Å². The Hall–Kier alpha value is -3.41. The average molecular weight is 361 g/mol. The molecule has 0 aliphatic carbocycles. The first-order valence-corrected chi connectivity index (χ1v) is 8.72. The highest BCUT2D eigenvalue weighted by atomic mass is 16.2. The van der Waals surface area contributed by atoms with Crippen molar-refractivity contribution in [1.82, 2.24) is 14.8 Å². The van der Waals surface area contributed by atoms with E-state index < -0.39 is 11.8 Å². The summed E-state index contributed by atoms with van der Waals surface area (Å²) in [5.74, 6) is -1.22. The molecule has 1 aliphatic rings. The minimum atomic E-state index is -0.424. The number of rotatable bonds is 4. The lowest BCUT2D eigenvalue weighted by Crippen LogP contribution is -2.40. The van der Waals surface area contributed by atoms with E-state index in [1.165, 1.54) is 0 Å².